The van der Waals surface area contributed by atoms with Crippen LogP contribution in [-0.4, -0.2) is 31.6 Å². The van der Waals surface area contributed by atoms with Crippen molar-refractivity contribution >= 4 is 7.92 Å². The first-order valence-electron chi connectivity index (χ1n) is 11.9. The Balaban J connectivity index is 1.67. The van der Waals surface area contributed by atoms with Gasteiger partial charge in [0.1, 0.15) is 5.76 Å². The molecule has 3 unspecified atom stereocenters. The van der Waals surface area contributed by atoms with Gasteiger partial charge < -0.3 is 9.47 Å². The first-order valence-corrected chi connectivity index (χ1v) is 13.4. The lowest BCUT2D eigenvalue weighted by atomic mass is 9.79. The van der Waals surface area contributed by atoms with Crippen molar-refractivity contribution in [3.8, 4) is 0 Å². The van der Waals surface area contributed by atoms with Crippen LogP contribution in [0.3, 0.4) is 0 Å². The number of hydrogen-bond acceptors (Lipinski definition) is 2. The predicted molar refractivity (Wildman–Crippen MR) is 125 cm³/mol. The van der Waals surface area contributed by atoms with Crippen molar-refractivity contribution < 1.29 is 9.47 Å². The van der Waals surface area contributed by atoms with Crippen molar-refractivity contribution in [1.82, 2.24) is 0 Å². The summed E-state index contributed by atoms with van der Waals surface area (Å²) < 4.78 is 11.9. The van der Waals surface area contributed by atoms with E-state index in [-0.39, 0.29) is 14.0 Å². The van der Waals surface area contributed by atoms with Crippen LogP contribution in [0, 0.1) is 11.8 Å². The highest BCUT2D eigenvalue weighted by atomic mass is 31.1. The van der Waals surface area contributed by atoms with Gasteiger partial charge in [0, 0.05) is 13.0 Å². The van der Waals surface area contributed by atoms with Gasteiger partial charge in [-0.2, -0.15) is 0 Å². The molecule has 29 heavy (non-hydrogen) atoms. The fourth-order valence-electron chi connectivity index (χ4n) is 6.19. The van der Waals surface area contributed by atoms with Gasteiger partial charge in [-0.25, -0.2) is 0 Å². The maximum atomic E-state index is 5.96. The predicted octanol–water partition coefficient (Wildman–Crippen LogP) is 7.33. The summed E-state index contributed by atoms with van der Waals surface area (Å²) in [7, 11) is 3.61. The zero-order chi connectivity index (χ0) is 20.1. The van der Waals surface area contributed by atoms with Crippen LogP contribution in [0.1, 0.15) is 70.6 Å². The fourth-order valence-corrected chi connectivity index (χ4v) is 10.4. The molecule has 0 bridgehead atoms. The van der Waals surface area contributed by atoms with Crippen LogP contribution in [-0.2, 0) is 9.47 Å². The molecule has 0 heterocycles. The van der Waals surface area contributed by atoms with Crippen molar-refractivity contribution in [3.05, 3.63) is 47.5 Å². The van der Waals surface area contributed by atoms with E-state index in [4.69, 9.17) is 9.47 Å². The minimum atomic E-state index is -0.0800. The van der Waals surface area contributed by atoms with Gasteiger partial charge in [0.05, 0.1) is 19.1 Å². The van der Waals surface area contributed by atoms with Crippen LogP contribution in [0.25, 0.3) is 0 Å². The maximum Gasteiger partial charge on any atom is 0.102 e. The molecule has 4 aliphatic carbocycles. The van der Waals surface area contributed by atoms with E-state index in [2.05, 4.69) is 36.5 Å². The Morgan fingerprint density at radius 2 is 1.48 bits per heavy atom. The third-order valence-corrected chi connectivity index (χ3v) is 11.3. The molecule has 160 valence electrons. The monoisotopic (exact) mass is 414 g/mol. The van der Waals surface area contributed by atoms with Crippen LogP contribution in [0.5, 0.6) is 0 Å². The molecule has 0 saturated heterocycles. The Hall–Kier alpha value is -0.850. The molecule has 3 heteroatoms. The molecule has 4 rings (SSSR count). The highest BCUT2D eigenvalue weighted by molar-refractivity contribution is 7.63. The van der Waals surface area contributed by atoms with Gasteiger partial charge in [-0.15, -0.1) is 0 Å². The van der Waals surface area contributed by atoms with E-state index < -0.39 is 0 Å². The van der Waals surface area contributed by atoms with E-state index in [1.165, 1.54) is 64.2 Å². The van der Waals surface area contributed by atoms with Crippen LogP contribution >= 0.6 is 7.92 Å². The summed E-state index contributed by atoms with van der Waals surface area (Å²) in [6.07, 6.45) is 29.5. The molecule has 0 N–H and O–H groups in total. The zero-order valence-electron chi connectivity index (χ0n) is 18.4. The Morgan fingerprint density at radius 1 is 0.828 bits per heavy atom. The van der Waals surface area contributed by atoms with E-state index in [1.807, 2.05) is 14.2 Å². The fraction of sp³-hybridized carbons (Fsp3) is 0.692. The van der Waals surface area contributed by atoms with Gasteiger partial charge in [-0.05, 0) is 54.8 Å². The van der Waals surface area contributed by atoms with Crippen LogP contribution in [0.4, 0.5) is 0 Å². The summed E-state index contributed by atoms with van der Waals surface area (Å²) in [6, 6.07) is 0. The SMILES string of the molecule is COC1=CC=CC(OC)C1C1CC=CC=C1P(C1CCCCC1)C1CCCCC1. The number of hydrogen-bond donors (Lipinski definition) is 0. The maximum absolute atomic E-state index is 5.96. The molecule has 0 spiro atoms. The van der Waals surface area contributed by atoms with Crippen molar-refractivity contribution in [2.45, 2.75) is 88.1 Å². The van der Waals surface area contributed by atoms with Crippen molar-refractivity contribution in [1.29, 1.82) is 0 Å². The first-order chi connectivity index (χ1) is 14.3. The zero-order valence-corrected chi connectivity index (χ0v) is 19.3. The summed E-state index contributed by atoms with van der Waals surface area (Å²) in [6.45, 7) is 0. The molecule has 3 atom stereocenters. The molecule has 0 radical (unpaired) electrons. The molecule has 0 aromatic carbocycles. The molecule has 0 aromatic rings. The second kappa shape index (κ2) is 10.5. The Morgan fingerprint density at radius 3 is 2.07 bits per heavy atom. The minimum Gasteiger partial charge on any atom is -0.501 e. The number of methoxy groups -OCH3 is 2. The molecule has 0 aromatic heterocycles. The van der Waals surface area contributed by atoms with Crippen LogP contribution in [0.2, 0.25) is 0 Å². The number of allylic oxidation sites excluding steroid dienone is 6. The third-order valence-electron chi connectivity index (χ3n) is 7.59. The molecule has 2 fully saturated rings. The van der Waals surface area contributed by atoms with Gasteiger partial charge in [-0.1, -0.05) is 76.8 Å². The Kier molecular flexibility index (Phi) is 7.71. The number of rotatable bonds is 6. The van der Waals surface area contributed by atoms with Crippen molar-refractivity contribution in [2.75, 3.05) is 14.2 Å². The average molecular weight is 415 g/mol. The first kappa shape index (κ1) is 21.4. The van der Waals surface area contributed by atoms with E-state index in [0.29, 0.717) is 11.8 Å². The Labute approximate surface area is 179 Å². The molecular weight excluding hydrogens is 375 g/mol. The summed E-state index contributed by atoms with van der Waals surface area (Å²) in [4.78, 5) is 0. The van der Waals surface area contributed by atoms with Gasteiger partial charge in [0.15, 0.2) is 0 Å². The van der Waals surface area contributed by atoms with Crippen LogP contribution in [0.15, 0.2) is 47.5 Å². The molecule has 2 nitrogen and oxygen atoms in total. The van der Waals surface area contributed by atoms with E-state index in [0.717, 1.165) is 23.5 Å². The lowest BCUT2D eigenvalue weighted by Crippen LogP contribution is -2.35. The van der Waals surface area contributed by atoms with Gasteiger partial charge in [0.2, 0.25) is 0 Å². The lowest BCUT2D eigenvalue weighted by molar-refractivity contribution is 0.0561. The van der Waals surface area contributed by atoms with Gasteiger partial charge in [0.25, 0.3) is 0 Å². The largest absolute Gasteiger partial charge is 0.501 e. The highest BCUT2D eigenvalue weighted by Crippen LogP contribution is 2.65. The van der Waals surface area contributed by atoms with E-state index >= 15 is 0 Å². The summed E-state index contributed by atoms with van der Waals surface area (Å²) in [5, 5.41) is 1.78. The normalized spacial score (nSPS) is 31.6. The van der Waals surface area contributed by atoms with E-state index in [9.17, 15) is 0 Å². The molecule has 0 amide bonds. The van der Waals surface area contributed by atoms with Gasteiger partial charge >= 0.3 is 0 Å². The average Bonchev–Trinajstić information content (AvgIpc) is 2.80. The summed E-state index contributed by atoms with van der Waals surface area (Å²) in [5.74, 6) is 1.94. The molecule has 4 aliphatic rings. The minimum absolute atomic E-state index is 0.0800. The lowest BCUT2D eigenvalue weighted by Gasteiger charge is -2.45. The molecular formula is C26H39O2P. The topological polar surface area (TPSA) is 18.5 Å². The Bertz CT molecular complexity index is 632. The molecule has 0 aliphatic heterocycles. The highest BCUT2D eigenvalue weighted by Gasteiger charge is 2.42. The van der Waals surface area contributed by atoms with Crippen LogP contribution < -0.4 is 0 Å². The summed E-state index contributed by atoms with van der Waals surface area (Å²) in [5.41, 5.74) is 1.88. The molecule has 2 saturated carbocycles. The third kappa shape index (κ3) is 4.75. The van der Waals surface area contributed by atoms with Crippen molar-refractivity contribution in [2.24, 2.45) is 11.8 Å². The van der Waals surface area contributed by atoms with E-state index in [1.54, 1.807) is 5.31 Å². The second-order valence-corrected chi connectivity index (χ2v) is 12.0. The second-order valence-electron chi connectivity index (χ2n) is 9.24. The smallest absolute Gasteiger partial charge is 0.102 e. The summed E-state index contributed by atoms with van der Waals surface area (Å²) >= 11 is 0. The van der Waals surface area contributed by atoms with Crippen molar-refractivity contribution in [3.63, 3.8) is 0 Å². The quantitative estimate of drug-likeness (QED) is 0.424. The number of ether oxygens (including phenoxy) is 2. The standard InChI is InChI=1S/C26H39O2P/c1-27-23-17-11-18-24(28-2)26(23)22-16-9-10-19-25(22)29(20-12-5-3-6-13-20)21-14-7-4-8-15-21/h9-11,17-23,26H,3-8,12-16H2,1-2H3. The van der Waals surface area contributed by atoms with Gasteiger partial charge in [-0.3, -0.25) is 0 Å².